The van der Waals surface area contributed by atoms with Gasteiger partial charge in [-0.15, -0.1) is 0 Å². The second-order valence-corrected chi connectivity index (χ2v) is 5.64. The van der Waals surface area contributed by atoms with Crippen LogP contribution in [0.25, 0.3) is 0 Å². The molecule has 1 aromatic rings. The van der Waals surface area contributed by atoms with E-state index in [4.69, 9.17) is 16.3 Å². The van der Waals surface area contributed by atoms with Crippen LogP contribution in [0.3, 0.4) is 0 Å². The first-order valence-corrected chi connectivity index (χ1v) is 6.95. The molecule has 5 heteroatoms. The van der Waals surface area contributed by atoms with Crippen LogP contribution in [-0.4, -0.2) is 37.0 Å². The van der Waals surface area contributed by atoms with E-state index in [1.54, 1.807) is 23.1 Å². The van der Waals surface area contributed by atoms with Crippen LogP contribution in [0.5, 0.6) is 0 Å². The zero-order valence-corrected chi connectivity index (χ0v) is 12.6. The summed E-state index contributed by atoms with van der Waals surface area (Å²) in [5.74, 6) is -0.479. The molecule has 2 rings (SSSR count). The van der Waals surface area contributed by atoms with Gasteiger partial charge in [0.1, 0.15) is 0 Å². The molecule has 1 saturated heterocycles. The maximum atomic E-state index is 12.5. The number of rotatable bonds is 2. The number of hydrogen-bond donors (Lipinski definition) is 0. The fraction of sp³-hybridized carbons (Fsp3) is 0.467. The van der Waals surface area contributed by atoms with Crippen molar-refractivity contribution in [3.8, 4) is 0 Å². The van der Waals surface area contributed by atoms with E-state index in [-0.39, 0.29) is 23.7 Å². The van der Waals surface area contributed by atoms with Crippen LogP contribution in [0.15, 0.2) is 18.2 Å². The SMILES string of the molecule is COC(=O)C1CN(C(=O)c2cccc(Cl)c2C)CC1C. The number of benzene rings is 1. The van der Waals surface area contributed by atoms with Gasteiger partial charge in [-0.05, 0) is 30.5 Å². The van der Waals surface area contributed by atoms with Gasteiger partial charge in [-0.2, -0.15) is 0 Å². The molecular weight excluding hydrogens is 278 g/mol. The highest BCUT2D eigenvalue weighted by atomic mass is 35.5. The van der Waals surface area contributed by atoms with Gasteiger partial charge in [0.15, 0.2) is 0 Å². The van der Waals surface area contributed by atoms with E-state index < -0.39 is 0 Å². The second kappa shape index (κ2) is 5.83. The van der Waals surface area contributed by atoms with Gasteiger partial charge in [0.05, 0.1) is 13.0 Å². The van der Waals surface area contributed by atoms with E-state index in [1.165, 1.54) is 7.11 Å². The Morgan fingerprint density at radius 1 is 1.35 bits per heavy atom. The monoisotopic (exact) mass is 295 g/mol. The fourth-order valence-corrected chi connectivity index (χ4v) is 2.77. The Morgan fingerprint density at radius 3 is 2.70 bits per heavy atom. The van der Waals surface area contributed by atoms with E-state index in [9.17, 15) is 9.59 Å². The van der Waals surface area contributed by atoms with Gasteiger partial charge in [-0.3, -0.25) is 9.59 Å². The van der Waals surface area contributed by atoms with Gasteiger partial charge in [0, 0.05) is 23.7 Å². The Kier molecular flexibility index (Phi) is 4.33. The number of likely N-dealkylation sites (tertiary alicyclic amines) is 1. The lowest BCUT2D eigenvalue weighted by atomic mass is 9.99. The van der Waals surface area contributed by atoms with Crippen LogP contribution in [0, 0.1) is 18.8 Å². The van der Waals surface area contributed by atoms with E-state index >= 15 is 0 Å². The summed E-state index contributed by atoms with van der Waals surface area (Å²) in [5.41, 5.74) is 1.36. The first-order chi connectivity index (χ1) is 9.45. The van der Waals surface area contributed by atoms with Crippen molar-refractivity contribution in [1.29, 1.82) is 0 Å². The molecule has 1 aromatic carbocycles. The number of halogens is 1. The third-order valence-electron chi connectivity index (χ3n) is 3.90. The zero-order chi connectivity index (χ0) is 14.9. The van der Waals surface area contributed by atoms with E-state index in [2.05, 4.69) is 0 Å². The molecule has 1 heterocycles. The van der Waals surface area contributed by atoms with Crippen molar-refractivity contribution >= 4 is 23.5 Å². The van der Waals surface area contributed by atoms with Crippen molar-refractivity contribution in [3.63, 3.8) is 0 Å². The highest BCUT2D eigenvalue weighted by Gasteiger charge is 2.38. The molecule has 0 radical (unpaired) electrons. The summed E-state index contributed by atoms with van der Waals surface area (Å²) in [7, 11) is 1.38. The molecule has 1 aliphatic heterocycles. The number of carbonyl (C=O) groups is 2. The Morgan fingerprint density at radius 2 is 2.05 bits per heavy atom. The summed E-state index contributed by atoms with van der Waals surface area (Å²) in [5, 5.41) is 0.576. The molecule has 0 N–H and O–H groups in total. The molecule has 0 aliphatic carbocycles. The van der Waals surface area contributed by atoms with Crippen LogP contribution in [0.2, 0.25) is 5.02 Å². The van der Waals surface area contributed by atoms with Gasteiger partial charge >= 0.3 is 5.97 Å². The molecule has 2 atom stereocenters. The topological polar surface area (TPSA) is 46.6 Å². The third kappa shape index (κ3) is 2.66. The second-order valence-electron chi connectivity index (χ2n) is 5.23. The van der Waals surface area contributed by atoms with Crippen molar-refractivity contribution in [2.24, 2.45) is 11.8 Å². The predicted octanol–water partition coefficient (Wildman–Crippen LogP) is 2.53. The van der Waals surface area contributed by atoms with Crippen molar-refractivity contribution in [2.75, 3.05) is 20.2 Å². The van der Waals surface area contributed by atoms with Gasteiger partial charge in [0.25, 0.3) is 5.91 Å². The minimum atomic E-state index is -0.254. The number of methoxy groups -OCH3 is 1. The van der Waals surface area contributed by atoms with Crippen LogP contribution in [0.1, 0.15) is 22.8 Å². The molecule has 2 unspecified atom stereocenters. The summed E-state index contributed by atoms with van der Waals surface area (Å²) in [6, 6.07) is 5.29. The average molecular weight is 296 g/mol. The van der Waals surface area contributed by atoms with E-state index in [0.29, 0.717) is 23.7 Å². The molecule has 0 spiro atoms. The number of esters is 1. The zero-order valence-electron chi connectivity index (χ0n) is 11.9. The lowest BCUT2D eigenvalue weighted by molar-refractivity contribution is -0.146. The van der Waals surface area contributed by atoms with Crippen molar-refractivity contribution < 1.29 is 14.3 Å². The quantitative estimate of drug-likeness (QED) is 0.788. The first-order valence-electron chi connectivity index (χ1n) is 6.58. The molecule has 108 valence electrons. The number of amides is 1. The maximum Gasteiger partial charge on any atom is 0.310 e. The number of carbonyl (C=O) groups excluding carboxylic acids is 2. The van der Waals surface area contributed by atoms with Crippen LogP contribution in [0.4, 0.5) is 0 Å². The van der Waals surface area contributed by atoms with Crippen LogP contribution < -0.4 is 0 Å². The van der Waals surface area contributed by atoms with Crippen LogP contribution >= 0.6 is 11.6 Å². The lowest BCUT2D eigenvalue weighted by Gasteiger charge is -2.17. The van der Waals surface area contributed by atoms with Gasteiger partial charge in [0.2, 0.25) is 0 Å². The van der Waals surface area contributed by atoms with Crippen LogP contribution in [-0.2, 0) is 9.53 Å². The minimum absolute atomic E-state index is 0.0803. The minimum Gasteiger partial charge on any atom is -0.469 e. The molecule has 0 aromatic heterocycles. The number of ether oxygens (including phenoxy) is 1. The van der Waals surface area contributed by atoms with Crippen molar-refractivity contribution in [2.45, 2.75) is 13.8 Å². The average Bonchev–Trinajstić information content (AvgIpc) is 2.82. The van der Waals surface area contributed by atoms with Gasteiger partial charge in [-0.1, -0.05) is 24.6 Å². The molecule has 1 fully saturated rings. The predicted molar refractivity (Wildman–Crippen MR) is 76.8 cm³/mol. The fourth-order valence-electron chi connectivity index (χ4n) is 2.60. The number of hydrogen-bond acceptors (Lipinski definition) is 3. The molecule has 1 amide bonds. The van der Waals surface area contributed by atoms with Gasteiger partial charge < -0.3 is 9.64 Å². The maximum absolute atomic E-state index is 12.5. The van der Waals surface area contributed by atoms with Crippen molar-refractivity contribution in [1.82, 2.24) is 4.90 Å². The summed E-state index contributed by atoms with van der Waals surface area (Å²) in [4.78, 5) is 25.9. The first kappa shape index (κ1) is 14.9. The summed E-state index contributed by atoms with van der Waals surface area (Å²) in [6.45, 7) is 4.75. The lowest BCUT2D eigenvalue weighted by Crippen LogP contribution is -2.30. The Labute approximate surface area is 123 Å². The highest BCUT2D eigenvalue weighted by Crippen LogP contribution is 2.27. The largest absolute Gasteiger partial charge is 0.469 e. The Balaban J connectivity index is 2.19. The smallest absolute Gasteiger partial charge is 0.310 e. The van der Waals surface area contributed by atoms with E-state index in [1.807, 2.05) is 13.8 Å². The molecule has 0 bridgehead atoms. The Bertz CT molecular complexity index is 544. The van der Waals surface area contributed by atoms with Gasteiger partial charge in [-0.25, -0.2) is 0 Å². The molecule has 4 nitrogen and oxygen atoms in total. The third-order valence-corrected chi connectivity index (χ3v) is 4.31. The van der Waals surface area contributed by atoms with Crippen molar-refractivity contribution in [3.05, 3.63) is 34.3 Å². The summed E-state index contributed by atoms with van der Waals surface area (Å²) in [6.07, 6.45) is 0. The van der Waals surface area contributed by atoms with E-state index in [0.717, 1.165) is 5.56 Å². The molecular formula is C15H18ClNO3. The Hall–Kier alpha value is -1.55. The highest BCUT2D eigenvalue weighted by molar-refractivity contribution is 6.31. The molecule has 20 heavy (non-hydrogen) atoms. The number of nitrogens with zero attached hydrogens (tertiary/aromatic N) is 1. The summed E-state index contributed by atoms with van der Waals surface area (Å²) >= 11 is 6.05. The summed E-state index contributed by atoms with van der Waals surface area (Å²) < 4.78 is 4.78. The standard InChI is InChI=1S/C15H18ClNO3/c1-9-7-17(8-12(9)15(19)20-3)14(18)11-5-4-6-13(16)10(11)2/h4-6,9,12H,7-8H2,1-3H3. The molecule has 0 saturated carbocycles. The normalized spacial score (nSPS) is 21.9. The molecule has 1 aliphatic rings.